The Bertz CT molecular complexity index is 340. The average Bonchev–Trinajstić information content (AvgIpc) is 2.11. The quantitative estimate of drug-likeness (QED) is 0.550. The van der Waals surface area contributed by atoms with Gasteiger partial charge in [0.25, 0.3) is 0 Å². The van der Waals surface area contributed by atoms with Gasteiger partial charge in [-0.3, -0.25) is 4.79 Å². The molecule has 0 aromatic rings. The predicted octanol–water partition coefficient (Wildman–Crippen LogP) is 0.402. The second-order valence-corrected chi connectivity index (χ2v) is 4.59. The summed E-state index contributed by atoms with van der Waals surface area (Å²) in [6.45, 7) is 1.86. The van der Waals surface area contributed by atoms with Crippen molar-refractivity contribution in [1.82, 2.24) is 10.6 Å². The number of carbonyl (C=O) groups excluding carboxylic acids is 1. The molecule has 7 nitrogen and oxygen atoms in total. The van der Waals surface area contributed by atoms with Gasteiger partial charge < -0.3 is 20.8 Å². The molecule has 4 N–H and O–H groups in total. The molecule has 0 aromatic carbocycles. The van der Waals surface area contributed by atoms with E-state index in [0.717, 1.165) is 19.3 Å². The Morgan fingerprint density at radius 1 is 1.22 bits per heavy atom. The summed E-state index contributed by atoms with van der Waals surface area (Å²) in [6, 6.07) is -2.07. The molecule has 0 bridgehead atoms. The molecule has 0 radical (unpaired) electrons. The summed E-state index contributed by atoms with van der Waals surface area (Å²) in [6.07, 6.45) is 2.62. The van der Waals surface area contributed by atoms with Gasteiger partial charge in [0.1, 0.15) is 6.04 Å². The van der Waals surface area contributed by atoms with E-state index in [2.05, 4.69) is 10.6 Å². The van der Waals surface area contributed by atoms with Crippen LogP contribution >= 0.6 is 0 Å². The van der Waals surface area contributed by atoms with Crippen molar-refractivity contribution in [2.75, 3.05) is 0 Å². The minimum atomic E-state index is -1.41. The number of urea groups is 1. The highest BCUT2D eigenvalue weighted by molar-refractivity contribution is 5.86. The number of nitrogens with one attached hydrogen (secondary N) is 2. The van der Waals surface area contributed by atoms with Crippen molar-refractivity contribution in [3.05, 3.63) is 0 Å². The maximum absolute atomic E-state index is 11.5. The standard InChI is InChI=1S/C11H18N2O5/c1-6(7-3-2-4-7)12-11(18)13-8(10(16)17)5-9(14)15/h6-8H,2-5H2,1H3,(H,14,15)(H,16,17)(H2,12,13,18)/t6?,8-/m1/s1. The zero-order valence-electron chi connectivity index (χ0n) is 10.2. The predicted molar refractivity (Wildman–Crippen MR) is 62.1 cm³/mol. The van der Waals surface area contributed by atoms with Crippen molar-refractivity contribution in [2.45, 2.75) is 44.7 Å². The minimum absolute atomic E-state index is 0.0296. The molecule has 1 aliphatic carbocycles. The summed E-state index contributed by atoms with van der Waals surface area (Å²) in [5, 5.41) is 22.1. The fourth-order valence-corrected chi connectivity index (χ4v) is 1.84. The van der Waals surface area contributed by atoms with E-state index in [1.165, 1.54) is 0 Å². The molecule has 0 saturated heterocycles. The molecule has 2 atom stereocenters. The number of hydrogen-bond acceptors (Lipinski definition) is 3. The van der Waals surface area contributed by atoms with Crippen molar-refractivity contribution in [3.8, 4) is 0 Å². The molecule has 0 aromatic heterocycles. The highest BCUT2D eigenvalue weighted by Crippen LogP contribution is 2.29. The second kappa shape index (κ2) is 6.23. The maximum Gasteiger partial charge on any atom is 0.326 e. The Balaban J connectivity index is 2.40. The van der Waals surface area contributed by atoms with Crippen LogP contribution in [0.3, 0.4) is 0 Å². The molecule has 1 rings (SSSR count). The highest BCUT2D eigenvalue weighted by Gasteiger charge is 2.27. The number of amides is 2. The van der Waals surface area contributed by atoms with Crippen LogP contribution < -0.4 is 10.6 Å². The third kappa shape index (κ3) is 4.23. The number of aliphatic carboxylic acids is 2. The summed E-state index contributed by atoms with van der Waals surface area (Å²) in [5.41, 5.74) is 0. The Labute approximate surface area is 105 Å². The molecule has 0 aliphatic heterocycles. The lowest BCUT2D eigenvalue weighted by Gasteiger charge is -2.32. The molecule has 0 heterocycles. The summed E-state index contributed by atoms with van der Waals surface area (Å²) in [4.78, 5) is 32.7. The normalized spacial score (nSPS) is 18.3. The maximum atomic E-state index is 11.5. The van der Waals surface area contributed by atoms with Gasteiger partial charge in [0.05, 0.1) is 6.42 Å². The smallest absolute Gasteiger partial charge is 0.326 e. The van der Waals surface area contributed by atoms with Gasteiger partial charge in [0.2, 0.25) is 0 Å². The molecular weight excluding hydrogens is 240 g/mol. The first kappa shape index (κ1) is 14.3. The van der Waals surface area contributed by atoms with Crippen LogP contribution in [0.2, 0.25) is 0 Å². The molecule has 2 amide bonds. The number of carboxylic acid groups (broad SMARTS) is 2. The average molecular weight is 258 g/mol. The van der Waals surface area contributed by atoms with E-state index in [9.17, 15) is 14.4 Å². The summed E-state index contributed by atoms with van der Waals surface area (Å²) < 4.78 is 0. The summed E-state index contributed by atoms with van der Waals surface area (Å²) >= 11 is 0. The van der Waals surface area contributed by atoms with Crippen LogP contribution in [0.5, 0.6) is 0 Å². The van der Waals surface area contributed by atoms with Gasteiger partial charge in [-0.25, -0.2) is 9.59 Å². The summed E-state index contributed by atoms with van der Waals surface area (Å²) in [5.74, 6) is -2.20. The van der Waals surface area contributed by atoms with Crippen molar-refractivity contribution in [1.29, 1.82) is 0 Å². The molecular formula is C11H18N2O5. The van der Waals surface area contributed by atoms with Crippen LogP contribution in [0, 0.1) is 5.92 Å². The largest absolute Gasteiger partial charge is 0.481 e. The van der Waals surface area contributed by atoms with E-state index < -0.39 is 30.4 Å². The molecule has 102 valence electrons. The van der Waals surface area contributed by atoms with E-state index in [1.807, 2.05) is 6.92 Å². The Morgan fingerprint density at radius 2 is 1.83 bits per heavy atom. The first-order valence-electron chi connectivity index (χ1n) is 5.91. The monoisotopic (exact) mass is 258 g/mol. The lowest BCUT2D eigenvalue weighted by atomic mass is 9.80. The molecule has 7 heteroatoms. The van der Waals surface area contributed by atoms with E-state index in [0.29, 0.717) is 5.92 Å². The lowest BCUT2D eigenvalue weighted by molar-refractivity contribution is -0.145. The Kier molecular flexibility index (Phi) is 4.94. The van der Waals surface area contributed by atoms with Crippen LogP contribution in [0.15, 0.2) is 0 Å². The van der Waals surface area contributed by atoms with Crippen LogP contribution in [-0.2, 0) is 9.59 Å². The molecule has 0 spiro atoms. The van der Waals surface area contributed by atoms with Gasteiger partial charge in [0, 0.05) is 6.04 Å². The van der Waals surface area contributed by atoms with Crippen LogP contribution in [-0.4, -0.2) is 40.3 Å². The van der Waals surface area contributed by atoms with E-state index in [-0.39, 0.29) is 6.04 Å². The zero-order chi connectivity index (χ0) is 13.7. The summed E-state index contributed by atoms with van der Waals surface area (Å²) in [7, 11) is 0. The van der Waals surface area contributed by atoms with Gasteiger partial charge >= 0.3 is 18.0 Å². The third-order valence-corrected chi connectivity index (χ3v) is 3.20. The van der Waals surface area contributed by atoms with Gasteiger partial charge in [-0.15, -0.1) is 0 Å². The SMILES string of the molecule is CC(NC(=O)N[C@H](CC(=O)O)C(=O)O)C1CCC1. The van der Waals surface area contributed by atoms with Gasteiger partial charge in [-0.05, 0) is 25.7 Å². The van der Waals surface area contributed by atoms with Crippen LogP contribution in [0.1, 0.15) is 32.6 Å². The van der Waals surface area contributed by atoms with Crippen molar-refractivity contribution in [2.24, 2.45) is 5.92 Å². The molecule has 1 fully saturated rings. The number of carbonyl (C=O) groups is 3. The number of rotatable bonds is 6. The molecule has 1 unspecified atom stereocenters. The third-order valence-electron chi connectivity index (χ3n) is 3.20. The van der Waals surface area contributed by atoms with Gasteiger partial charge in [-0.2, -0.15) is 0 Å². The van der Waals surface area contributed by atoms with Crippen molar-refractivity contribution in [3.63, 3.8) is 0 Å². The highest BCUT2D eigenvalue weighted by atomic mass is 16.4. The van der Waals surface area contributed by atoms with Crippen LogP contribution in [0.25, 0.3) is 0 Å². The van der Waals surface area contributed by atoms with E-state index >= 15 is 0 Å². The topological polar surface area (TPSA) is 116 Å². The van der Waals surface area contributed by atoms with E-state index in [4.69, 9.17) is 10.2 Å². The Morgan fingerprint density at radius 3 is 2.22 bits per heavy atom. The Hall–Kier alpha value is -1.79. The van der Waals surface area contributed by atoms with Crippen LogP contribution in [0.4, 0.5) is 4.79 Å². The van der Waals surface area contributed by atoms with E-state index in [1.54, 1.807) is 0 Å². The number of hydrogen-bond donors (Lipinski definition) is 4. The first-order valence-corrected chi connectivity index (χ1v) is 5.91. The molecule has 18 heavy (non-hydrogen) atoms. The van der Waals surface area contributed by atoms with Crippen molar-refractivity contribution >= 4 is 18.0 Å². The minimum Gasteiger partial charge on any atom is -0.481 e. The molecule has 1 saturated carbocycles. The molecule has 1 aliphatic rings. The zero-order valence-corrected chi connectivity index (χ0v) is 10.2. The second-order valence-electron chi connectivity index (χ2n) is 4.59. The van der Waals surface area contributed by atoms with Crippen molar-refractivity contribution < 1.29 is 24.6 Å². The lowest BCUT2D eigenvalue weighted by Crippen LogP contribution is -2.51. The van der Waals surface area contributed by atoms with Gasteiger partial charge in [0.15, 0.2) is 0 Å². The fourth-order valence-electron chi connectivity index (χ4n) is 1.84. The first-order chi connectivity index (χ1) is 8.40. The number of carboxylic acids is 2. The van der Waals surface area contributed by atoms with Gasteiger partial charge in [-0.1, -0.05) is 6.42 Å². The fraction of sp³-hybridized carbons (Fsp3) is 0.727.